The summed E-state index contributed by atoms with van der Waals surface area (Å²) in [6.07, 6.45) is 8.05. The van der Waals surface area contributed by atoms with Gasteiger partial charge in [-0.3, -0.25) is 9.88 Å². The largest absolute Gasteiger partial charge is 0.468 e. The lowest BCUT2D eigenvalue weighted by Crippen LogP contribution is -2.21. The normalized spacial score (nSPS) is 17.4. The van der Waals surface area contributed by atoms with Crippen LogP contribution in [0.2, 0.25) is 0 Å². The smallest absolute Gasteiger partial charge is 0.117 e. The summed E-state index contributed by atoms with van der Waals surface area (Å²) >= 11 is 1.87. The van der Waals surface area contributed by atoms with Crippen LogP contribution in [0.1, 0.15) is 40.0 Å². The summed E-state index contributed by atoms with van der Waals surface area (Å²) in [6.45, 7) is 3.46. The van der Waals surface area contributed by atoms with Crippen molar-refractivity contribution in [3.05, 3.63) is 76.1 Å². The number of pyridine rings is 1. The number of ether oxygens (including phenoxy) is 1. The number of aromatic nitrogens is 1. The van der Waals surface area contributed by atoms with Gasteiger partial charge in [0, 0.05) is 41.8 Å². The maximum atomic E-state index is 5.81. The third kappa shape index (κ3) is 4.37. The van der Waals surface area contributed by atoms with Crippen molar-refractivity contribution in [1.29, 1.82) is 0 Å². The first-order chi connectivity index (χ1) is 12.4. The Balaban J connectivity index is 1.47. The van der Waals surface area contributed by atoms with Gasteiger partial charge in [0.25, 0.3) is 0 Å². The van der Waals surface area contributed by atoms with Crippen molar-refractivity contribution in [3.63, 3.8) is 0 Å². The van der Waals surface area contributed by atoms with Gasteiger partial charge in [0.1, 0.15) is 5.76 Å². The summed E-state index contributed by atoms with van der Waals surface area (Å²) in [5, 5.41) is 0. The van der Waals surface area contributed by atoms with Crippen molar-refractivity contribution in [1.82, 2.24) is 9.88 Å². The van der Waals surface area contributed by atoms with E-state index >= 15 is 0 Å². The fourth-order valence-corrected chi connectivity index (χ4v) is 4.35. The number of rotatable bonds is 7. The molecule has 0 N–H and O–H groups in total. The van der Waals surface area contributed by atoms with Crippen molar-refractivity contribution in [2.24, 2.45) is 0 Å². The van der Waals surface area contributed by atoms with E-state index in [1.807, 2.05) is 35.9 Å². The Labute approximate surface area is 152 Å². The van der Waals surface area contributed by atoms with Crippen LogP contribution < -0.4 is 0 Å². The Bertz CT molecular complexity index is 764. The average Bonchev–Trinajstić information content (AvgIpc) is 3.38. The molecule has 4 heterocycles. The standard InChI is InChI=1S/C20H22N2O2S/c1-3-17(23-11-1)14-22(13-16-7-9-21-10-8-16)15-18-5-6-20(25-18)19-4-2-12-24-19/h1,3,5-11,19H,2,4,12-15H2/t19-/m1/s1. The van der Waals surface area contributed by atoms with Gasteiger partial charge in [-0.05, 0) is 54.8 Å². The van der Waals surface area contributed by atoms with Gasteiger partial charge in [-0.25, -0.2) is 0 Å². The molecule has 0 aromatic carbocycles. The van der Waals surface area contributed by atoms with Gasteiger partial charge in [-0.15, -0.1) is 11.3 Å². The first-order valence-corrected chi connectivity index (χ1v) is 9.52. The molecule has 0 aliphatic carbocycles. The molecule has 0 bridgehead atoms. The molecule has 1 atom stereocenters. The van der Waals surface area contributed by atoms with E-state index in [1.54, 1.807) is 6.26 Å². The van der Waals surface area contributed by atoms with E-state index in [1.165, 1.54) is 21.7 Å². The minimum Gasteiger partial charge on any atom is -0.468 e. The third-order valence-corrected chi connectivity index (χ3v) is 5.59. The molecular formula is C20H22N2O2S. The molecule has 1 aliphatic rings. The fourth-order valence-electron chi connectivity index (χ4n) is 3.21. The molecular weight excluding hydrogens is 332 g/mol. The zero-order valence-electron chi connectivity index (χ0n) is 14.1. The molecule has 3 aromatic heterocycles. The number of nitrogens with zero attached hydrogens (tertiary/aromatic N) is 2. The Kier molecular flexibility index (Phi) is 5.25. The average molecular weight is 354 g/mol. The topological polar surface area (TPSA) is 38.5 Å². The predicted molar refractivity (Wildman–Crippen MR) is 98.1 cm³/mol. The predicted octanol–water partition coefficient (Wildman–Crippen LogP) is 4.79. The number of hydrogen-bond acceptors (Lipinski definition) is 5. The molecule has 0 saturated carbocycles. The zero-order chi connectivity index (χ0) is 16.9. The second kappa shape index (κ2) is 7.95. The van der Waals surface area contributed by atoms with E-state index < -0.39 is 0 Å². The van der Waals surface area contributed by atoms with E-state index in [-0.39, 0.29) is 0 Å². The van der Waals surface area contributed by atoms with E-state index in [0.717, 1.165) is 38.4 Å². The first-order valence-electron chi connectivity index (χ1n) is 8.71. The van der Waals surface area contributed by atoms with Crippen LogP contribution in [-0.4, -0.2) is 16.5 Å². The molecule has 1 fully saturated rings. The summed E-state index contributed by atoms with van der Waals surface area (Å²) in [5.74, 6) is 0.991. The summed E-state index contributed by atoms with van der Waals surface area (Å²) in [7, 11) is 0. The molecule has 0 unspecified atom stereocenters. The van der Waals surface area contributed by atoms with Gasteiger partial charge >= 0.3 is 0 Å². The van der Waals surface area contributed by atoms with E-state index in [0.29, 0.717) is 6.10 Å². The molecule has 0 radical (unpaired) electrons. The van der Waals surface area contributed by atoms with Crippen molar-refractivity contribution in [3.8, 4) is 0 Å². The third-order valence-electron chi connectivity index (χ3n) is 4.42. The van der Waals surface area contributed by atoms with Gasteiger partial charge in [0.15, 0.2) is 0 Å². The summed E-state index contributed by atoms with van der Waals surface area (Å²) in [6, 6.07) is 12.6. The minimum absolute atomic E-state index is 0.303. The molecule has 4 rings (SSSR count). The maximum Gasteiger partial charge on any atom is 0.117 e. The highest BCUT2D eigenvalue weighted by Crippen LogP contribution is 2.33. The Morgan fingerprint density at radius 3 is 2.76 bits per heavy atom. The second-order valence-corrected chi connectivity index (χ2v) is 7.59. The van der Waals surface area contributed by atoms with Crippen LogP contribution in [0.3, 0.4) is 0 Å². The van der Waals surface area contributed by atoms with Crippen LogP contribution in [0.15, 0.2) is 59.5 Å². The molecule has 130 valence electrons. The Morgan fingerprint density at radius 2 is 2.00 bits per heavy atom. The van der Waals surface area contributed by atoms with Crippen molar-refractivity contribution in [2.45, 2.75) is 38.6 Å². The van der Waals surface area contributed by atoms with Crippen LogP contribution in [0.25, 0.3) is 0 Å². The number of furan rings is 1. The van der Waals surface area contributed by atoms with Crippen molar-refractivity contribution < 1.29 is 9.15 Å². The molecule has 0 spiro atoms. The Hall–Kier alpha value is -1.95. The van der Waals surface area contributed by atoms with Gasteiger partial charge in [-0.1, -0.05) is 0 Å². The van der Waals surface area contributed by atoms with Crippen LogP contribution in [0, 0.1) is 0 Å². The molecule has 5 heteroatoms. The van der Waals surface area contributed by atoms with E-state index in [2.05, 4.69) is 34.1 Å². The highest BCUT2D eigenvalue weighted by atomic mass is 32.1. The van der Waals surface area contributed by atoms with Gasteiger partial charge < -0.3 is 9.15 Å². The number of hydrogen-bond donors (Lipinski definition) is 0. The summed E-state index contributed by atoms with van der Waals surface area (Å²) in [5.41, 5.74) is 1.26. The fraction of sp³-hybridized carbons (Fsp3) is 0.350. The molecule has 3 aromatic rings. The number of thiophene rings is 1. The Morgan fingerprint density at radius 1 is 1.08 bits per heavy atom. The second-order valence-electron chi connectivity index (χ2n) is 6.39. The minimum atomic E-state index is 0.303. The first kappa shape index (κ1) is 16.5. The van der Waals surface area contributed by atoms with Crippen LogP contribution in [0.4, 0.5) is 0 Å². The SMILES string of the molecule is c1coc(CN(Cc2ccncc2)Cc2ccc([C@H]3CCCO3)s2)c1. The monoisotopic (exact) mass is 354 g/mol. The van der Waals surface area contributed by atoms with Gasteiger partial charge in [-0.2, -0.15) is 0 Å². The van der Waals surface area contributed by atoms with Crippen LogP contribution >= 0.6 is 11.3 Å². The zero-order valence-corrected chi connectivity index (χ0v) is 15.0. The molecule has 0 amide bonds. The molecule has 1 saturated heterocycles. The van der Waals surface area contributed by atoms with E-state index in [9.17, 15) is 0 Å². The summed E-state index contributed by atoms with van der Waals surface area (Å²) in [4.78, 5) is 9.24. The lowest BCUT2D eigenvalue weighted by Gasteiger charge is -2.20. The highest BCUT2D eigenvalue weighted by molar-refractivity contribution is 7.12. The van der Waals surface area contributed by atoms with Crippen molar-refractivity contribution >= 4 is 11.3 Å². The van der Waals surface area contributed by atoms with Gasteiger partial charge in [0.05, 0.1) is 18.9 Å². The lowest BCUT2D eigenvalue weighted by atomic mass is 10.2. The maximum absolute atomic E-state index is 5.81. The molecule has 4 nitrogen and oxygen atoms in total. The van der Waals surface area contributed by atoms with E-state index in [4.69, 9.17) is 9.15 Å². The molecule has 25 heavy (non-hydrogen) atoms. The van der Waals surface area contributed by atoms with Crippen LogP contribution in [0.5, 0.6) is 0 Å². The molecule has 1 aliphatic heterocycles. The highest BCUT2D eigenvalue weighted by Gasteiger charge is 2.20. The summed E-state index contributed by atoms with van der Waals surface area (Å²) < 4.78 is 11.4. The lowest BCUT2D eigenvalue weighted by molar-refractivity contribution is 0.114. The van der Waals surface area contributed by atoms with Crippen molar-refractivity contribution in [2.75, 3.05) is 6.61 Å². The van der Waals surface area contributed by atoms with Gasteiger partial charge in [0.2, 0.25) is 0 Å². The van der Waals surface area contributed by atoms with Crippen LogP contribution in [-0.2, 0) is 24.4 Å². The quantitative estimate of drug-likeness (QED) is 0.611.